The van der Waals surface area contributed by atoms with Crippen molar-refractivity contribution >= 4 is 5.96 Å². The molecular formula is C15H20N4O. The fraction of sp³-hybridized carbons (Fsp3) is 0.333. The number of guanidine groups is 1. The van der Waals surface area contributed by atoms with Crippen molar-refractivity contribution in [3.63, 3.8) is 0 Å². The smallest absolute Gasteiger partial charge is 0.226 e. The number of nitrogens with zero attached hydrogens (tertiary/aromatic N) is 2. The van der Waals surface area contributed by atoms with E-state index in [2.05, 4.69) is 22.2 Å². The summed E-state index contributed by atoms with van der Waals surface area (Å²) in [7, 11) is 0. The molecule has 106 valence electrons. The Morgan fingerprint density at radius 2 is 2.10 bits per heavy atom. The lowest BCUT2D eigenvalue weighted by atomic mass is 10.1. The van der Waals surface area contributed by atoms with Gasteiger partial charge in [-0.05, 0) is 25.5 Å². The van der Waals surface area contributed by atoms with Crippen molar-refractivity contribution in [1.29, 1.82) is 0 Å². The summed E-state index contributed by atoms with van der Waals surface area (Å²) < 4.78 is 5.46. The summed E-state index contributed by atoms with van der Waals surface area (Å²) in [5.41, 5.74) is 8.66. The van der Waals surface area contributed by atoms with Gasteiger partial charge in [-0.2, -0.15) is 0 Å². The Morgan fingerprint density at radius 3 is 2.80 bits per heavy atom. The van der Waals surface area contributed by atoms with Crippen LogP contribution < -0.4 is 11.1 Å². The van der Waals surface area contributed by atoms with E-state index < -0.39 is 0 Å². The van der Waals surface area contributed by atoms with Crippen LogP contribution in [-0.2, 0) is 6.54 Å². The highest BCUT2D eigenvalue weighted by Crippen LogP contribution is 2.19. The molecule has 2 aromatic rings. The maximum Gasteiger partial charge on any atom is 0.226 e. The van der Waals surface area contributed by atoms with Gasteiger partial charge in [0.05, 0.1) is 6.54 Å². The Kier molecular flexibility index (Phi) is 4.76. The number of hydrogen-bond donors (Lipinski definition) is 2. The van der Waals surface area contributed by atoms with Gasteiger partial charge in [0.2, 0.25) is 5.89 Å². The summed E-state index contributed by atoms with van der Waals surface area (Å²) in [5.74, 6) is 1.04. The highest BCUT2D eigenvalue weighted by atomic mass is 16.3. The van der Waals surface area contributed by atoms with Crippen LogP contribution in [0.4, 0.5) is 0 Å². The quantitative estimate of drug-likeness (QED) is 0.647. The van der Waals surface area contributed by atoms with Crippen molar-refractivity contribution in [2.75, 3.05) is 6.54 Å². The van der Waals surface area contributed by atoms with Gasteiger partial charge in [-0.25, -0.2) is 9.98 Å². The molecule has 0 saturated heterocycles. The molecule has 3 N–H and O–H groups in total. The van der Waals surface area contributed by atoms with Gasteiger partial charge in [0.1, 0.15) is 12.0 Å². The summed E-state index contributed by atoms with van der Waals surface area (Å²) in [4.78, 5) is 8.62. The van der Waals surface area contributed by atoms with Crippen LogP contribution in [0.25, 0.3) is 11.5 Å². The first-order valence-electron chi connectivity index (χ1n) is 6.74. The van der Waals surface area contributed by atoms with E-state index in [1.807, 2.05) is 31.2 Å². The van der Waals surface area contributed by atoms with Crippen LogP contribution in [0.2, 0.25) is 0 Å². The van der Waals surface area contributed by atoms with Gasteiger partial charge in [0, 0.05) is 12.1 Å². The highest BCUT2D eigenvalue weighted by molar-refractivity contribution is 5.77. The number of nitrogens with one attached hydrogen (secondary N) is 1. The van der Waals surface area contributed by atoms with Crippen molar-refractivity contribution in [2.24, 2.45) is 10.7 Å². The molecule has 0 fully saturated rings. The van der Waals surface area contributed by atoms with Gasteiger partial charge in [-0.3, -0.25) is 0 Å². The van der Waals surface area contributed by atoms with E-state index in [-0.39, 0.29) is 0 Å². The van der Waals surface area contributed by atoms with Crippen LogP contribution in [0.1, 0.15) is 24.6 Å². The second kappa shape index (κ2) is 6.75. The minimum absolute atomic E-state index is 0.415. The largest absolute Gasteiger partial charge is 0.444 e. The molecule has 0 aliphatic carbocycles. The highest BCUT2D eigenvalue weighted by Gasteiger charge is 2.06. The maximum absolute atomic E-state index is 5.72. The van der Waals surface area contributed by atoms with E-state index in [4.69, 9.17) is 10.2 Å². The first-order chi connectivity index (χ1) is 9.69. The normalized spacial score (nSPS) is 11.6. The number of rotatable bonds is 5. The van der Waals surface area contributed by atoms with Crippen LogP contribution in [0, 0.1) is 6.92 Å². The average molecular weight is 272 g/mol. The number of benzene rings is 1. The molecule has 5 nitrogen and oxygen atoms in total. The molecule has 0 aliphatic rings. The van der Waals surface area contributed by atoms with E-state index in [9.17, 15) is 0 Å². The lowest BCUT2D eigenvalue weighted by Crippen LogP contribution is -2.32. The molecular weight excluding hydrogens is 252 g/mol. The third-order valence-corrected chi connectivity index (χ3v) is 2.82. The SMILES string of the molecule is CCCNC(N)=NCc1coc(-c2ccc(C)cc2)n1. The van der Waals surface area contributed by atoms with Gasteiger partial charge < -0.3 is 15.5 Å². The Hall–Kier alpha value is -2.30. The predicted molar refractivity (Wildman–Crippen MR) is 80.3 cm³/mol. The van der Waals surface area contributed by atoms with E-state index in [1.165, 1.54) is 5.56 Å². The molecule has 2 rings (SSSR count). The average Bonchev–Trinajstić information content (AvgIpc) is 2.92. The van der Waals surface area contributed by atoms with Crippen molar-refractivity contribution in [3.05, 3.63) is 41.8 Å². The van der Waals surface area contributed by atoms with Crippen molar-refractivity contribution in [3.8, 4) is 11.5 Å². The number of oxazole rings is 1. The molecule has 5 heteroatoms. The Balaban J connectivity index is 2.00. The Bertz CT molecular complexity index is 572. The van der Waals surface area contributed by atoms with Crippen LogP contribution in [-0.4, -0.2) is 17.5 Å². The third-order valence-electron chi connectivity index (χ3n) is 2.82. The van der Waals surface area contributed by atoms with Crippen LogP contribution in [0.5, 0.6) is 0 Å². The zero-order valence-electron chi connectivity index (χ0n) is 11.9. The molecule has 1 aromatic carbocycles. The zero-order chi connectivity index (χ0) is 14.4. The monoisotopic (exact) mass is 272 g/mol. The maximum atomic E-state index is 5.72. The van der Waals surface area contributed by atoms with Gasteiger partial charge in [0.25, 0.3) is 0 Å². The molecule has 0 amide bonds. The number of hydrogen-bond acceptors (Lipinski definition) is 3. The van der Waals surface area contributed by atoms with Crippen LogP contribution >= 0.6 is 0 Å². The fourth-order valence-corrected chi connectivity index (χ4v) is 1.68. The first-order valence-corrected chi connectivity index (χ1v) is 6.74. The number of aliphatic imine (C=N–C) groups is 1. The first kappa shape index (κ1) is 14.1. The predicted octanol–water partition coefficient (Wildman–Crippen LogP) is 2.46. The van der Waals surface area contributed by atoms with Crippen molar-refractivity contribution in [2.45, 2.75) is 26.8 Å². The number of aryl methyl sites for hydroxylation is 1. The molecule has 0 saturated carbocycles. The summed E-state index contributed by atoms with van der Waals surface area (Å²) in [5, 5.41) is 3.02. The zero-order valence-corrected chi connectivity index (χ0v) is 11.9. The Labute approximate surface area is 118 Å². The lowest BCUT2D eigenvalue weighted by Gasteiger charge is -2.01. The van der Waals surface area contributed by atoms with Gasteiger partial charge in [-0.1, -0.05) is 24.6 Å². The van der Waals surface area contributed by atoms with Gasteiger partial charge in [0.15, 0.2) is 5.96 Å². The minimum Gasteiger partial charge on any atom is -0.444 e. The van der Waals surface area contributed by atoms with E-state index in [0.717, 1.165) is 24.2 Å². The van der Waals surface area contributed by atoms with Crippen molar-refractivity contribution in [1.82, 2.24) is 10.3 Å². The second-order valence-corrected chi connectivity index (χ2v) is 4.64. The fourth-order valence-electron chi connectivity index (χ4n) is 1.68. The molecule has 1 heterocycles. The molecule has 20 heavy (non-hydrogen) atoms. The third kappa shape index (κ3) is 3.85. The number of aromatic nitrogens is 1. The summed E-state index contributed by atoms with van der Waals surface area (Å²) >= 11 is 0. The standard InChI is InChI=1S/C15H20N4O/c1-3-8-17-15(16)18-9-13-10-20-14(19-13)12-6-4-11(2)5-7-12/h4-7,10H,3,8-9H2,1-2H3,(H3,16,17,18). The molecule has 1 aromatic heterocycles. The molecule has 0 unspecified atom stereocenters. The van der Waals surface area contributed by atoms with Crippen LogP contribution in [0.15, 0.2) is 39.9 Å². The van der Waals surface area contributed by atoms with E-state index in [1.54, 1.807) is 6.26 Å². The van der Waals surface area contributed by atoms with E-state index in [0.29, 0.717) is 18.4 Å². The van der Waals surface area contributed by atoms with Crippen molar-refractivity contribution < 1.29 is 4.42 Å². The molecule has 0 spiro atoms. The molecule has 0 bridgehead atoms. The Morgan fingerprint density at radius 1 is 1.35 bits per heavy atom. The lowest BCUT2D eigenvalue weighted by molar-refractivity contribution is 0.572. The van der Waals surface area contributed by atoms with Crippen LogP contribution in [0.3, 0.4) is 0 Å². The second-order valence-electron chi connectivity index (χ2n) is 4.64. The molecule has 0 atom stereocenters. The topological polar surface area (TPSA) is 76.4 Å². The van der Waals surface area contributed by atoms with E-state index >= 15 is 0 Å². The van der Waals surface area contributed by atoms with Gasteiger partial charge >= 0.3 is 0 Å². The summed E-state index contributed by atoms with van der Waals surface area (Å²) in [6, 6.07) is 8.05. The molecule has 0 radical (unpaired) electrons. The minimum atomic E-state index is 0.415. The summed E-state index contributed by atoms with van der Waals surface area (Å²) in [6.07, 6.45) is 2.63. The summed E-state index contributed by atoms with van der Waals surface area (Å²) in [6.45, 7) is 5.36. The van der Waals surface area contributed by atoms with Gasteiger partial charge in [-0.15, -0.1) is 0 Å². The molecule has 0 aliphatic heterocycles. The number of nitrogens with two attached hydrogens (primary N) is 1.